The van der Waals surface area contributed by atoms with E-state index in [1.54, 1.807) is 42.2 Å². The van der Waals surface area contributed by atoms with Gasteiger partial charge in [0.25, 0.3) is 5.91 Å². The van der Waals surface area contributed by atoms with E-state index in [1.807, 2.05) is 23.7 Å². The molecule has 2 aliphatic heterocycles. The van der Waals surface area contributed by atoms with Crippen molar-refractivity contribution in [1.29, 1.82) is 0 Å². The van der Waals surface area contributed by atoms with Gasteiger partial charge in [0.1, 0.15) is 11.5 Å². The van der Waals surface area contributed by atoms with E-state index in [0.717, 1.165) is 54.8 Å². The van der Waals surface area contributed by atoms with E-state index in [4.69, 9.17) is 5.73 Å². The number of fused-ring (bicyclic) bond motifs is 1. The van der Waals surface area contributed by atoms with E-state index in [2.05, 4.69) is 25.0 Å². The molecule has 0 unspecified atom stereocenters. The van der Waals surface area contributed by atoms with Crippen molar-refractivity contribution in [2.45, 2.75) is 24.0 Å². The molecule has 3 aromatic rings. The van der Waals surface area contributed by atoms with Crippen LogP contribution >= 0.6 is 11.8 Å². The first kappa shape index (κ1) is 22.8. The Balaban J connectivity index is 1.11. The van der Waals surface area contributed by atoms with Gasteiger partial charge in [0, 0.05) is 55.9 Å². The summed E-state index contributed by atoms with van der Waals surface area (Å²) in [6.07, 6.45) is 3.86. The maximum absolute atomic E-state index is 13.3. The number of likely N-dealkylation sites (tertiary alicyclic amines) is 1. The summed E-state index contributed by atoms with van der Waals surface area (Å²) in [5.41, 5.74) is 7.41. The number of benzene rings is 1. The quantitative estimate of drug-likeness (QED) is 0.391. The van der Waals surface area contributed by atoms with Gasteiger partial charge in [0.15, 0.2) is 11.0 Å². The van der Waals surface area contributed by atoms with Gasteiger partial charge >= 0.3 is 0 Å². The normalized spacial score (nSPS) is 20.1. The molecule has 34 heavy (non-hydrogen) atoms. The number of hydrogen-bond acceptors (Lipinski definition) is 7. The molecule has 2 N–H and O–H groups in total. The summed E-state index contributed by atoms with van der Waals surface area (Å²) in [4.78, 5) is 20.3. The summed E-state index contributed by atoms with van der Waals surface area (Å²) in [5, 5.41) is 9.48. The van der Waals surface area contributed by atoms with E-state index in [-0.39, 0.29) is 11.5 Å². The molecule has 2 saturated heterocycles. The lowest BCUT2D eigenvalue weighted by molar-refractivity contribution is 0.0995. The lowest BCUT2D eigenvalue weighted by Gasteiger charge is -2.27. The van der Waals surface area contributed by atoms with Crippen molar-refractivity contribution in [2.24, 2.45) is 18.7 Å². The SMILES string of the molecule is Cn1c(SCCCN2C[C@H]3CCN(c4ccc(F)cc4)[C@H]3C2)nnc1-c1ccc(C(N)=O)nc1. The third kappa shape index (κ3) is 4.65. The Bertz CT molecular complexity index is 1150. The number of hydrogen-bond donors (Lipinski definition) is 1. The number of pyridine rings is 1. The zero-order valence-electron chi connectivity index (χ0n) is 19.1. The number of rotatable bonds is 8. The standard InChI is InChI=1S/C24H28FN7OS/c1-30-23(16-3-8-20(22(26)33)27-13-16)28-29-24(30)34-12-2-10-31-14-17-9-11-32(21(17)15-31)19-6-4-18(25)5-7-19/h3-8,13,17,21H,2,9-12,14-15H2,1H3,(H2,26,33)/t17-,21+/m1/s1. The van der Waals surface area contributed by atoms with E-state index in [0.29, 0.717) is 17.8 Å². The molecule has 2 atom stereocenters. The van der Waals surface area contributed by atoms with Crippen molar-refractivity contribution in [3.8, 4) is 11.4 Å². The molecule has 178 valence electrons. The van der Waals surface area contributed by atoms with Crippen LogP contribution < -0.4 is 10.6 Å². The summed E-state index contributed by atoms with van der Waals surface area (Å²) in [6.45, 7) is 4.31. The second kappa shape index (κ2) is 9.71. The lowest BCUT2D eigenvalue weighted by Crippen LogP contribution is -2.35. The molecule has 0 aliphatic carbocycles. The fourth-order valence-electron chi connectivity index (χ4n) is 5.00. The average Bonchev–Trinajstić information content (AvgIpc) is 3.52. The first-order valence-corrected chi connectivity index (χ1v) is 12.5. The number of carbonyl (C=O) groups excluding carboxylic acids is 1. The Labute approximate surface area is 202 Å². The first-order valence-electron chi connectivity index (χ1n) is 11.5. The lowest BCUT2D eigenvalue weighted by atomic mass is 10.1. The maximum atomic E-state index is 13.3. The fourth-order valence-corrected chi connectivity index (χ4v) is 5.83. The summed E-state index contributed by atoms with van der Waals surface area (Å²) in [6, 6.07) is 10.8. The highest BCUT2D eigenvalue weighted by Gasteiger charge is 2.40. The molecular weight excluding hydrogens is 453 g/mol. The molecule has 2 aromatic heterocycles. The molecule has 0 saturated carbocycles. The zero-order valence-corrected chi connectivity index (χ0v) is 19.9. The number of nitrogens with two attached hydrogens (primary N) is 1. The Kier molecular flexibility index (Phi) is 6.51. The van der Waals surface area contributed by atoms with Crippen molar-refractivity contribution in [3.05, 3.63) is 54.1 Å². The number of halogens is 1. The van der Waals surface area contributed by atoms with Crippen LogP contribution in [0.2, 0.25) is 0 Å². The molecule has 2 aliphatic rings. The van der Waals surface area contributed by atoms with Crippen molar-refractivity contribution >= 4 is 23.4 Å². The van der Waals surface area contributed by atoms with Gasteiger partial charge in [-0.3, -0.25) is 9.78 Å². The van der Waals surface area contributed by atoms with Gasteiger partial charge in [-0.1, -0.05) is 11.8 Å². The second-order valence-corrected chi connectivity index (χ2v) is 9.97. The van der Waals surface area contributed by atoms with Crippen LogP contribution in [0.5, 0.6) is 0 Å². The molecule has 1 aromatic carbocycles. The van der Waals surface area contributed by atoms with E-state index in [9.17, 15) is 9.18 Å². The highest BCUT2D eigenvalue weighted by atomic mass is 32.2. The molecule has 1 amide bonds. The van der Waals surface area contributed by atoms with Crippen LogP contribution in [-0.2, 0) is 7.05 Å². The third-order valence-electron chi connectivity index (χ3n) is 6.74. The van der Waals surface area contributed by atoms with Crippen LogP contribution in [0.3, 0.4) is 0 Å². The smallest absolute Gasteiger partial charge is 0.267 e. The van der Waals surface area contributed by atoms with Gasteiger partial charge in [0.05, 0.1) is 0 Å². The minimum atomic E-state index is -0.550. The summed E-state index contributed by atoms with van der Waals surface area (Å²) < 4.78 is 15.2. The van der Waals surface area contributed by atoms with Gasteiger partial charge < -0.3 is 20.1 Å². The Morgan fingerprint density at radius 1 is 1.18 bits per heavy atom. The molecule has 8 nitrogen and oxygen atoms in total. The topological polar surface area (TPSA) is 93.2 Å². The molecule has 0 spiro atoms. The number of anilines is 1. The Hall–Kier alpha value is -2.98. The number of primary amides is 1. The van der Waals surface area contributed by atoms with Gasteiger partial charge in [-0.2, -0.15) is 0 Å². The van der Waals surface area contributed by atoms with Crippen LogP contribution in [0.15, 0.2) is 47.8 Å². The number of aromatic nitrogens is 4. The predicted octanol–water partition coefficient (Wildman–Crippen LogP) is 2.81. The fraction of sp³-hybridized carbons (Fsp3) is 0.417. The number of thioether (sulfide) groups is 1. The molecule has 2 fully saturated rings. The largest absolute Gasteiger partial charge is 0.367 e. The van der Waals surface area contributed by atoms with Crippen LogP contribution in [0.4, 0.5) is 10.1 Å². The molecule has 4 heterocycles. The molecule has 0 bridgehead atoms. The second-order valence-electron chi connectivity index (χ2n) is 8.91. The van der Waals surface area contributed by atoms with Gasteiger partial charge in [-0.25, -0.2) is 4.39 Å². The van der Waals surface area contributed by atoms with Crippen LogP contribution in [0.1, 0.15) is 23.3 Å². The van der Waals surface area contributed by atoms with Crippen LogP contribution in [0.25, 0.3) is 11.4 Å². The number of amides is 1. The van der Waals surface area contributed by atoms with E-state index < -0.39 is 5.91 Å². The minimum Gasteiger partial charge on any atom is -0.367 e. The van der Waals surface area contributed by atoms with Crippen molar-refractivity contribution < 1.29 is 9.18 Å². The highest BCUT2D eigenvalue weighted by molar-refractivity contribution is 7.99. The Morgan fingerprint density at radius 2 is 2.00 bits per heavy atom. The summed E-state index contributed by atoms with van der Waals surface area (Å²) >= 11 is 1.70. The van der Waals surface area contributed by atoms with Crippen LogP contribution in [0, 0.1) is 11.7 Å². The summed E-state index contributed by atoms with van der Waals surface area (Å²) in [7, 11) is 1.94. The molecule has 10 heteroatoms. The number of nitrogens with zero attached hydrogens (tertiary/aromatic N) is 6. The average molecular weight is 482 g/mol. The summed E-state index contributed by atoms with van der Waals surface area (Å²) in [5.74, 6) is 1.62. The zero-order chi connectivity index (χ0) is 23.7. The Morgan fingerprint density at radius 3 is 2.74 bits per heavy atom. The molecule has 5 rings (SSSR count). The predicted molar refractivity (Wildman–Crippen MR) is 130 cm³/mol. The monoisotopic (exact) mass is 481 g/mol. The van der Waals surface area contributed by atoms with Crippen LogP contribution in [-0.4, -0.2) is 68.5 Å². The van der Waals surface area contributed by atoms with E-state index >= 15 is 0 Å². The third-order valence-corrected chi connectivity index (χ3v) is 7.85. The molecular formula is C24H28FN7OS. The van der Waals surface area contributed by atoms with Gasteiger partial charge in [-0.15, -0.1) is 10.2 Å². The first-order chi connectivity index (χ1) is 16.5. The minimum absolute atomic E-state index is 0.183. The van der Waals surface area contributed by atoms with E-state index in [1.165, 1.54) is 6.42 Å². The molecule has 0 radical (unpaired) electrons. The van der Waals surface area contributed by atoms with Crippen molar-refractivity contribution in [1.82, 2.24) is 24.6 Å². The highest BCUT2D eigenvalue weighted by Crippen LogP contribution is 2.35. The van der Waals surface area contributed by atoms with Gasteiger partial charge in [0.2, 0.25) is 0 Å². The van der Waals surface area contributed by atoms with Crippen molar-refractivity contribution in [3.63, 3.8) is 0 Å². The van der Waals surface area contributed by atoms with Gasteiger partial charge in [-0.05, 0) is 61.7 Å². The number of carbonyl (C=O) groups is 1. The van der Waals surface area contributed by atoms with Crippen molar-refractivity contribution in [2.75, 3.05) is 36.8 Å². The maximum Gasteiger partial charge on any atom is 0.267 e.